The van der Waals surface area contributed by atoms with Crippen LogP contribution in [0.4, 0.5) is 0 Å². The fourth-order valence-corrected chi connectivity index (χ4v) is 3.91. The molecule has 2 aliphatic rings. The molecule has 0 spiro atoms. The molecule has 0 aromatic heterocycles. The zero-order chi connectivity index (χ0) is 15.3. The first-order chi connectivity index (χ1) is 10.0. The van der Waals surface area contributed by atoms with Crippen LogP contribution >= 0.6 is 0 Å². The first-order valence-electron chi connectivity index (χ1n) is 9.11. The van der Waals surface area contributed by atoms with Gasteiger partial charge in [-0.05, 0) is 70.6 Å². The molecule has 124 valence electrons. The minimum Gasteiger partial charge on any atom is -0.313 e. The third kappa shape index (κ3) is 6.25. The molecule has 21 heavy (non-hydrogen) atoms. The van der Waals surface area contributed by atoms with Gasteiger partial charge < -0.3 is 15.1 Å². The Hall–Kier alpha value is -0.120. The van der Waals surface area contributed by atoms with Gasteiger partial charge in [0.2, 0.25) is 0 Å². The van der Waals surface area contributed by atoms with Crippen molar-refractivity contribution in [2.24, 2.45) is 11.3 Å². The summed E-state index contributed by atoms with van der Waals surface area (Å²) in [7, 11) is 4.59. The average Bonchev–Trinajstić information content (AvgIpc) is 3.23. The van der Waals surface area contributed by atoms with Crippen LogP contribution in [-0.2, 0) is 0 Å². The average molecular weight is 296 g/mol. The Morgan fingerprint density at radius 2 is 1.86 bits per heavy atom. The van der Waals surface area contributed by atoms with Gasteiger partial charge in [-0.2, -0.15) is 0 Å². The fourth-order valence-electron chi connectivity index (χ4n) is 3.91. The molecule has 1 saturated heterocycles. The van der Waals surface area contributed by atoms with Crippen LogP contribution in [0.25, 0.3) is 0 Å². The Kier molecular flexibility index (Phi) is 6.51. The van der Waals surface area contributed by atoms with Gasteiger partial charge in [-0.15, -0.1) is 0 Å². The Bertz CT molecular complexity index is 295. The summed E-state index contributed by atoms with van der Waals surface area (Å²) in [6.07, 6.45) is 8.19. The van der Waals surface area contributed by atoms with Crippen LogP contribution in [0.15, 0.2) is 0 Å². The van der Waals surface area contributed by atoms with Crippen molar-refractivity contribution in [2.45, 2.75) is 58.4 Å². The maximum atomic E-state index is 3.76. The van der Waals surface area contributed by atoms with Gasteiger partial charge in [-0.3, -0.25) is 0 Å². The minimum atomic E-state index is 0.442. The van der Waals surface area contributed by atoms with E-state index in [1.165, 1.54) is 71.2 Å². The van der Waals surface area contributed by atoms with E-state index in [9.17, 15) is 0 Å². The molecule has 3 heteroatoms. The summed E-state index contributed by atoms with van der Waals surface area (Å²) in [6.45, 7) is 11.1. The Balaban J connectivity index is 1.74. The van der Waals surface area contributed by atoms with E-state index in [0.717, 1.165) is 12.0 Å². The van der Waals surface area contributed by atoms with Crippen LogP contribution in [0, 0.1) is 11.3 Å². The van der Waals surface area contributed by atoms with Gasteiger partial charge in [0.15, 0.2) is 0 Å². The molecule has 1 heterocycles. The van der Waals surface area contributed by atoms with Crippen molar-refractivity contribution in [1.82, 2.24) is 15.1 Å². The molecule has 1 aliphatic heterocycles. The first-order valence-corrected chi connectivity index (χ1v) is 9.11. The van der Waals surface area contributed by atoms with Gasteiger partial charge >= 0.3 is 0 Å². The smallest absolute Gasteiger partial charge is 0.00684 e. The molecule has 1 saturated carbocycles. The van der Waals surface area contributed by atoms with E-state index >= 15 is 0 Å². The summed E-state index contributed by atoms with van der Waals surface area (Å²) in [5.41, 5.74) is 0.442. The van der Waals surface area contributed by atoms with Crippen molar-refractivity contribution in [2.75, 3.05) is 46.8 Å². The van der Waals surface area contributed by atoms with Gasteiger partial charge in [0.05, 0.1) is 0 Å². The monoisotopic (exact) mass is 295 g/mol. The van der Waals surface area contributed by atoms with Crippen molar-refractivity contribution < 1.29 is 0 Å². The lowest BCUT2D eigenvalue weighted by Gasteiger charge is -2.37. The van der Waals surface area contributed by atoms with E-state index in [0.29, 0.717) is 5.41 Å². The molecule has 0 radical (unpaired) electrons. The van der Waals surface area contributed by atoms with Crippen molar-refractivity contribution >= 4 is 0 Å². The predicted molar refractivity (Wildman–Crippen MR) is 91.8 cm³/mol. The Morgan fingerprint density at radius 3 is 2.43 bits per heavy atom. The molecule has 0 bridgehead atoms. The number of rotatable bonds is 9. The third-order valence-electron chi connectivity index (χ3n) is 5.31. The summed E-state index contributed by atoms with van der Waals surface area (Å²) < 4.78 is 0. The molecule has 2 fully saturated rings. The maximum Gasteiger partial charge on any atom is 0.00684 e. The molecule has 1 atom stereocenters. The largest absolute Gasteiger partial charge is 0.313 e. The van der Waals surface area contributed by atoms with E-state index in [1.807, 2.05) is 0 Å². The highest BCUT2D eigenvalue weighted by molar-refractivity contribution is 4.87. The molecule has 0 amide bonds. The second kappa shape index (κ2) is 7.94. The molecule has 0 aromatic rings. The second-order valence-electron chi connectivity index (χ2n) is 8.16. The second-order valence-corrected chi connectivity index (χ2v) is 8.16. The van der Waals surface area contributed by atoms with Gasteiger partial charge in [-0.1, -0.05) is 20.3 Å². The molecular weight excluding hydrogens is 258 g/mol. The quantitative estimate of drug-likeness (QED) is 0.706. The minimum absolute atomic E-state index is 0.442. The lowest BCUT2D eigenvalue weighted by Crippen LogP contribution is -2.44. The van der Waals surface area contributed by atoms with Gasteiger partial charge in [-0.25, -0.2) is 0 Å². The van der Waals surface area contributed by atoms with E-state index < -0.39 is 0 Å². The van der Waals surface area contributed by atoms with Crippen LogP contribution in [-0.4, -0.2) is 62.7 Å². The molecular formula is C18H37N3. The topological polar surface area (TPSA) is 18.5 Å². The highest BCUT2D eigenvalue weighted by atomic mass is 15.1. The molecule has 1 N–H and O–H groups in total. The summed E-state index contributed by atoms with van der Waals surface area (Å²) in [6, 6.07) is 0.834. The number of piperidine rings is 1. The zero-order valence-corrected chi connectivity index (χ0v) is 14.8. The number of hydrogen-bond donors (Lipinski definition) is 1. The SMILES string of the molecule is CCCC(C)(CNC1CC1)CN(C)CC1CCN(C)CC1. The zero-order valence-electron chi connectivity index (χ0n) is 14.8. The Labute approximate surface area is 132 Å². The first kappa shape index (κ1) is 17.2. The van der Waals surface area contributed by atoms with E-state index in [1.54, 1.807) is 0 Å². The van der Waals surface area contributed by atoms with Crippen LogP contribution in [0.1, 0.15) is 52.4 Å². The van der Waals surface area contributed by atoms with Crippen molar-refractivity contribution in [1.29, 1.82) is 0 Å². The molecule has 0 aromatic carbocycles. The summed E-state index contributed by atoms with van der Waals surface area (Å²) in [5.74, 6) is 0.911. The standard InChI is InChI=1S/C18H37N3/c1-5-10-18(2,14-19-17-6-7-17)15-21(4)13-16-8-11-20(3)12-9-16/h16-17,19H,5-15H2,1-4H3. The molecule has 1 unspecified atom stereocenters. The normalized spacial score (nSPS) is 24.4. The molecule has 3 nitrogen and oxygen atoms in total. The van der Waals surface area contributed by atoms with Crippen LogP contribution in [0.5, 0.6) is 0 Å². The van der Waals surface area contributed by atoms with Crippen LogP contribution in [0.3, 0.4) is 0 Å². The fraction of sp³-hybridized carbons (Fsp3) is 1.00. The van der Waals surface area contributed by atoms with E-state index in [-0.39, 0.29) is 0 Å². The number of likely N-dealkylation sites (tertiary alicyclic amines) is 1. The van der Waals surface area contributed by atoms with Gasteiger partial charge in [0.1, 0.15) is 0 Å². The Morgan fingerprint density at radius 1 is 1.19 bits per heavy atom. The molecule has 1 aliphatic carbocycles. The van der Waals surface area contributed by atoms with Gasteiger partial charge in [0.25, 0.3) is 0 Å². The van der Waals surface area contributed by atoms with E-state index in [2.05, 4.69) is 43.1 Å². The van der Waals surface area contributed by atoms with Crippen molar-refractivity contribution in [3.8, 4) is 0 Å². The number of nitrogens with zero attached hydrogens (tertiary/aromatic N) is 2. The lowest BCUT2D eigenvalue weighted by atomic mass is 9.84. The number of nitrogens with one attached hydrogen (secondary N) is 1. The van der Waals surface area contributed by atoms with Gasteiger partial charge in [0, 0.05) is 25.7 Å². The third-order valence-corrected chi connectivity index (χ3v) is 5.31. The van der Waals surface area contributed by atoms with E-state index in [4.69, 9.17) is 0 Å². The highest BCUT2D eigenvalue weighted by Crippen LogP contribution is 2.27. The van der Waals surface area contributed by atoms with Crippen molar-refractivity contribution in [3.05, 3.63) is 0 Å². The molecule has 2 rings (SSSR count). The lowest BCUT2D eigenvalue weighted by molar-refractivity contribution is 0.130. The van der Waals surface area contributed by atoms with Crippen molar-refractivity contribution in [3.63, 3.8) is 0 Å². The summed E-state index contributed by atoms with van der Waals surface area (Å²) >= 11 is 0. The predicted octanol–water partition coefficient (Wildman–Crippen LogP) is 2.82. The van der Waals surface area contributed by atoms with Crippen LogP contribution < -0.4 is 5.32 Å². The van der Waals surface area contributed by atoms with Crippen LogP contribution in [0.2, 0.25) is 0 Å². The maximum absolute atomic E-state index is 3.76. The number of hydrogen-bond acceptors (Lipinski definition) is 3. The highest BCUT2D eigenvalue weighted by Gasteiger charge is 2.29. The summed E-state index contributed by atoms with van der Waals surface area (Å²) in [5, 5.41) is 3.76. The summed E-state index contributed by atoms with van der Waals surface area (Å²) in [4.78, 5) is 5.08.